The molecule has 7 rings (SSSR count). The van der Waals surface area contributed by atoms with Crippen LogP contribution < -0.4 is 14.2 Å². The number of methoxy groups -OCH3 is 3. The van der Waals surface area contributed by atoms with Crippen LogP contribution in [0.5, 0.6) is 17.2 Å². The Hall–Kier alpha value is -2.63. The molecular weight excluding hydrogens is 445 g/mol. The Morgan fingerprint density at radius 1 is 0.500 bits per heavy atom. The summed E-state index contributed by atoms with van der Waals surface area (Å²) in [6.07, 6.45) is 4.10. The van der Waals surface area contributed by atoms with Gasteiger partial charge in [-0.3, -0.25) is 14.7 Å². The Balaban J connectivity index is 1.46. The van der Waals surface area contributed by atoms with E-state index in [1.54, 1.807) is 21.3 Å². The summed E-state index contributed by atoms with van der Waals surface area (Å²) >= 11 is 0. The van der Waals surface area contributed by atoms with E-state index in [1.165, 1.54) is 16.7 Å². The van der Waals surface area contributed by atoms with Crippen LogP contribution in [-0.4, -0.2) is 54.9 Å². The van der Waals surface area contributed by atoms with Gasteiger partial charge < -0.3 is 14.2 Å². The van der Waals surface area contributed by atoms with Crippen LogP contribution in [0.2, 0.25) is 0 Å². The molecule has 0 saturated carbocycles. The van der Waals surface area contributed by atoms with Gasteiger partial charge in [-0.2, -0.15) is 0 Å². The number of hydrogen-bond acceptors (Lipinski definition) is 6. The Bertz CT molecular complexity index is 981. The van der Waals surface area contributed by atoms with Crippen molar-refractivity contribution in [3.05, 3.63) is 89.5 Å². The molecule has 4 fully saturated rings. The fourth-order valence-electron chi connectivity index (χ4n) is 5.74. The van der Waals surface area contributed by atoms with E-state index in [1.807, 2.05) is 0 Å². The first-order valence-electron chi connectivity index (χ1n) is 11.6. The molecule has 3 aromatic rings. The lowest BCUT2D eigenvalue weighted by molar-refractivity contribution is -0.182. The molecule has 0 amide bonds. The second-order valence-electron chi connectivity index (χ2n) is 9.08. The molecule has 0 radical (unpaired) electrons. The monoisotopic (exact) mass is 475 g/mol. The Labute approximate surface area is 202 Å². The van der Waals surface area contributed by atoms with Crippen LogP contribution in [0.15, 0.2) is 72.8 Å². The highest BCUT2D eigenvalue weighted by molar-refractivity contribution is 7.57. The molecule has 7 heteroatoms. The van der Waals surface area contributed by atoms with Crippen molar-refractivity contribution in [2.45, 2.75) is 18.5 Å². The predicted octanol–water partition coefficient (Wildman–Crippen LogP) is 5.41. The summed E-state index contributed by atoms with van der Waals surface area (Å²) in [6.45, 7) is 0. The van der Waals surface area contributed by atoms with Crippen molar-refractivity contribution in [1.29, 1.82) is 0 Å². The maximum absolute atomic E-state index is 5.44. The van der Waals surface area contributed by atoms with Gasteiger partial charge in [0.05, 0.1) is 39.8 Å². The normalized spacial score (nSPS) is 31.3. The maximum atomic E-state index is 5.44. The molecule has 4 heterocycles. The lowest BCUT2D eigenvalue weighted by Gasteiger charge is -2.67. The second-order valence-corrected chi connectivity index (χ2v) is 11.3. The zero-order valence-electron chi connectivity index (χ0n) is 19.8. The molecule has 4 aliphatic rings. The van der Waals surface area contributed by atoms with E-state index in [9.17, 15) is 0 Å². The van der Waals surface area contributed by atoms with Crippen molar-refractivity contribution >= 4 is 7.92 Å². The van der Waals surface area contributed by atoms with E-state index in [2.05, 4.69) is 87.5 Å². The molecular formula is C27H30N3O3P. The lowest BCUT2D eigenvalue weighted by atomic mass is 9.99. The predicted molar refractivity (Wildman–Crippen MR) is 134 cm³/mol. The second kappa shape index (κ2) is 8.86. The highest BCUT2D eigenvalue weighted by Gasteiger charge is 2.55. The van der Waals surface area contributed by atoms with Crippen LogP contribution in [-0.2, 0) is 0 Å². The average Bonchev–Trinajstić information content (AvgIpc) is 2.89. The number of ether oxygens (including phenoxy) is 3. The molecule has 0 aromatic heterocycles. The van der Waals surface area contributed by atoms with Crippen molar-refractivity contribution in [3.63, 3.8) is 0 Å². The Morgan fingerprint density at radius 2 is 0.765 bits per heavy atom. The number of rotatable bonds is 6. The third-order valence-electron chi connectivity index (χ3n) is 7.22. The third kappa shape index (κ3) is 3.57. The summed E-state index contributed by atoms with van der Waals surface area (Å²) in [5, 5.41) is 0. The molecule has 34 heavy (non-hydrogen) atoms. The van der Waals surface area contributed by atoms with Crippen LogP contribution in [0.1, 0.15) is 35.2 Å². The van der Waals surface area contributed by atoms with Gasteiger partial charge in [0, 0.05) is 18.9 Å². The zero-order valence-corrected chi connectivity index (χ0v) is 20.7. The quantitative estimate of drug-likeness (QED) is 0.444. The fraction of sp³-hybridized carbons (Fsp3) is 0.333. The van der Waals surface area contributed by atoms with Crippen molar-refractivity contribution in [1.82, 2.24) is 14.7 Å². The van der Waals surface area contributed by atoms with E-state index >= 15 is 0 Å². The zero-order chi connectivity index (χ0) is 23.2. The van der Waals surface area contributed by atoms with Gasteiger partial charge in [0.15, 0.2) is 0 Å². The first-order valence-corrected chi connectivity index (χ1v) is 13.5. The number of nitrogens with zero attached hydrogens (tertiary/aromatic N) is 3. The highest BCUT2D eigenvalue weighted by atomic mass is 31.1. The minimum atomic E-state index is -0.0868. The summed E-state index contributed by atoms with van der Waals surface area (Å²) in [7, 11) is 5.08. The Morgan fingerprint density at radius 3 is 1.00 bits per heavy atom. The van der Waals surface area contributed by atoms with E-state index in [0.717, 1.165) is 36.1 Å². The van der Waals surface area contributed by atoms with Gasteiger partial charge in [0.2, 0.25) is 0 Å². The first-order chi connectivity index (χ1) is 16.7. The van der Waals surface area contributed by atoms with Crippen LogP contribution in [0.25, 0.3) is 0 Å². The summed E-state index contributed by atoms with van der Waals surface area (Å²) in [5.41, 5.74) is 3.94. The molecule has 4 saturated heterocycles. The molecule has 4 bridgehead atoms. The number of hydrogen-bond donors (Lipinski definition) is 0. The van der Waals surface area contributed by atoms with Crippen LogP contribution in [0.3, 0.4) is 0 Å². The molecule has 0 spiro atoms. The van der Waals surface area contributed by atoms with E-state index in [0.29, 0.717) is 0 Å². The summed E-state index contributed by atoms with van der Waals surface area (Å²) in [4.78, 5) is 8.09. The molecule has 6 nitrogen and oxygen atoms in total. The van der Waals surface area contributed by atoms with Crippen LogP contribution in [0, 0.1) is 0 Å². The summed E-state index contributed by atoms with van der Waals surface area (Å²) in [6, 6.07) is 25.9. The molecule has 0 aliphatic carbocycles. The third-order valence-corrected chi connectivity index (χ3v) is 9.40. The van der Waals surface area contributed by atoms with E-state index in [4.69, 9.17) is 14.2 Å². The standard InChI is InChI=1S/C27H30N3O3P/c1-31-22-10-4-19(5-11-22)25-28-16-34-17-29(25)27(21-8-14-24(33-3)15-9-21)30(18-34)26(28)20-6-12-23(32-2)13-7-20/h4-15,25-27H,16-18H2,1-3H3. The molecule has 4 aliphatic heterocycles. The van der Waals surface area contributed by atoms with Crippen molar-refractivity contribution in [2.24, 2.45) is 0 Å². The van der Waals surface area contributed by atoms with Gasteiger partial charge in [0.1, 0.15) is 17.2 Å². The minimum Gasteiger partial charge on any atom is -0.497 e. The van der Waals surface area contributed by atoms with Crippen LogP contribution in [0.4, 0.5) is 0 Å². The van der Waals surface area contributed by atoms with Crippen LogP contribution >= 0.6 is 7.92 Å². The minimum absolute atomic E-state index is 0.0868. The topological polar surface area (TPSA) is 37.4 Å². The highest BCUT2D eigenvalue weighted by Crippen LogP contribution is 2.63. The SMILES string of the molecule is COc1ccc(C2N3CP4CN2C(c2ccc(OC)cc2)N(C4)C3c2ccc(OC)cc2)cc1. The van der Waals surface area contributed by atoms with Gasteiger partial charge >= 0.3 is 0 Å². The molecule has 0 unspecified atom stereocenters. The van der Waals surface area contributed by atoms with E-state index < -0.39 is 0 Å². The van der Waals surface area contributed by atoms with Gasteiger partial charge in [-0.05, 0) is 53.1 Å². The lowest BCUT2D eigenvalue weighted by Crippen LogP contribution is -2.66. The van der Waals surface area contributed by atoms with Gasteiger partial charge in [-0.1, -0.05) is 44.3 Å². The molecule has 176 valence electrons. The first kappa shape index (κ1) is 21.9. The number of benzene rings is 3. The van der Waals surface area contributed by atoms with Gasteiger partial charge in [-0.15, -0.1) is 0 Å². The smallest absolute Gasteiger partial charge is 0.118 e. The summed E-state index contributed by atoms with van der Waals surface area (Å²) in [5.74, 6) is 2.68. The maximum Gasteiger partial charge on any atom is 0.118 e. The molecule has 0 N–H and O–H groups in total. The van der Waals surface area contributed by atoms with Gasteiger partial charge in [-0.25, -0.2) is 0 Å². The van der Waals surface area contributed by atoms with Gasteiger partial charge in [0.25, 0.3) is 0 Å². The average molecular weight is 476 g/mol. The fourth-order valence-corrected chi connectivity index (χ4v) is 8.32. The summed E-state index contributed by atoms with van der Waals surface area (Å²) < 4.78 is 16.3. The van der Waals surface area contributed by atoms with Crippen molar-refractivity contribution < 1.29 is 14.2 Å². The largest absolute Gasteiger partial charge is 0.497 e. The van der Waals surface area contributed by atoms with Crippen molar-refractivity contribution in [2.75, 3.05) is 40.2 Å². The van der Waals surface area contributed by atoms with E-state index in [-0.39, 0.29) is 26.4 Å². The molecule has 3 aromatic carbocycles. The Kier molecular flexibility index (Phi) is 5.70. The van der Waals surface area contributed by atoms with Crippen molar-refractivity contribution in [3.8, 4) is 17.2 Å². The molecule has 0 atom stereocenters.